The molecule has 0 saturated carbocycles. The van der Waals surface area contributed by atoms with Gasteiger partial charge in [-0.2, -0.15) is 0 Å². The summed E-state index contributed by atoms with van der Waals surface area (Å²) in [5.41, 5.74) is 0.675. The van der Waals surface area contributed by atoms with E-state index < -0.39 is 4.92 Å². The molecule has 110 valence electrons. The van der Waals surface area contributed by atoms with Crippen molar-refractivity contribution in [1.29, 1.82) is 0 Å². The average molecular weight is 288 g/mol. The first-order valence-electron chi connectivity index (χ1n) is 6.64. The number of hydrogen-bond acceptors (Lipinski definition) is 6. The van der Waals surface area contributed by atoms with Crippen LogP contribution in [-0.4, -0.2) is 28.0 Å². The summed E-state index contributed by atoms with van der Waals surface area (Å²) in [6, 6.07) is 7.11. The smallest absolute Gasteiger partial charge is 0.337 e. The lowest BCUT2D eigenvalue weighted by atomic mass is 10.1. The number of nitrogens with one attached hydrogen (secondary N) is 1. The monoisotopic (exact) mass is 288 g/mol. The van der Waals surface area contributed by atoms with Crippen molar-refractivity contribution >= 4 is 11.5 Å². The molecule has 0 aliphatic heterocycles. The summed E-state index contributed by atoms with van der Waals surface area (Å²) in [6.07, 6.45) is 1.31. The van der Waals surface area contributed by atoms with E-state index in [0.717, 1.165) is 0 Å². The second kappa shape index (κ2) is 6.65. The molecule has 7 heteroatoms. The minimum atomic E-state index is -0.476. The van der Waals surface area contributed by atoms with Crippen LogP contribution in [0.1, 0.15) is 13.8 Å². The van der Waals surface area contributed by atoms with Gasteiger partial charge >= 0.3 is 5.69 Å². The fourth-order valence-corrected chi connectivity index (χ4v) is 1.99. The number of aromatic nitrogens is 2. The Kier molecular flexibility index (Phi) is 4.65. The summed E-state index contributed by atoms with van der Waals surface area (Å²) >= 11 is 0. The van der Waals surface area contributed by atoms with Crippen LogP contribution in [0.4, 0.5) is 11.5 Å². The molecule has 0 atom stereocenters. The van der Waals surface area contributed by atoms with Gasteiger partial charge in [0.15, 0.2) is 5.69 Å². The number of hydrogen-bond donors (Lipinski definition) is 1. The fraction of sp³-hybridized carbons (Fsp3) is 0.286. The maximum atomic E-state index is 11.4. The van der Waals surface area contributed by atoms with E-state index in [1.165, 1.54) is 6.33 Å². The molecule has 0 saturated heterocycles. The normalized spacial score (nSPS) is 10.2. The minimum Gasteiger partial charge on any atom is -0.493 e. The predicted octanol–water partition coefficient (Wildman–Crippen LogP) is 2.88. The molecule has 0 fully saturated rings. The molecule has 0 aliphatic carbocycles. The standard InChI is InChI=1S/C14H16N4O3/c1-3-15-14-13(18(19)20)12(16-9-17-14)10-7-5-6-8-11(10)21-4-2/h5-9H,3-4H2,1-2H3,(H,15,16,17). The summed E-state index contributed by atoms with van der Waals surface area (Å²) < 4.78 is 5.52. The average Bonchev–Trinajstić information content (AvgIpc) is 2.48. The van der Waals surface area contributed by atoms with Crippen LogP contribution in [0.2, 0.25) is 0 Å². The van der Waals surface area contributed by atoms with Crippen LogP contribution >= 0.6 is 0 Å². The molecule has 1 aromatic carbocycles. The van der Waals surface area contributed by atoms with E-state index in [1.807, 2.05) is 19.9 Å². The van der Waals surface area contributed by atoms with Crippen molar-refractivity contribution in [1.82, 2.24) is 9.97 Å². The molecular formula is C14H16N4O3. The minimum absolute atomic E-state index is 0.147. The van der Waals surface area contributed by atoms with Gasteiger partial charge in [0.25, 0.3) is 0 Å². The third-order valence-electron chi connectivity index (χ3n) is 2.79. The van der Waals surface area contributed by atoms with E-state index in [9.17, 15) is 10.1 Å². The number of ether oxygens (including phenoxy) is 1. The lowest BCUT2D eigenvalue weighted by molar-refractivity contribution is -0.383. The van der Waals surface area contributed by atoms with Crippen molar-refractivity contribution in [2.75, 3.05) is 18.5 Å². The van der Waals surface area contributed by atoms with Gasteiger partial charge in [0.2, 0.25) is 5.82 Å². The Balaban J connectivity index is 2.63. The Morgan fingerprint density at radius 1 is 1.29 bits per heavy atom. The highest BCUT2D eigenvalue weighted by atomic mass is 16.6. The number of rotatable bonds is 6. The van der Waals surface area contributed by atoms with Crippen molar-refractivity contribution in [2.24, 2.45) is 0 Å². The largest absolute Gasteiger partial charge is 0.493 e. The quantitative estimate of drug-likeness (QED) is 0.649. The molecule has 0 bridgehead atoms. The van der Waals surface area contributed by atoms with Crippen LogP contribution in [0.25, 0.3) is 11.3 Å². The Hall–Kier alpha value is -2.70. The molecule has 1 N–H and O–H groups in total. The van der Waals surface area contributed by atoms with Crippen LogP contribution in [0, 0.1) is 10.1 Å². The molecule has 0 aliphatic rings. The first-order valence-corrected chi connectivity index (χ1v) is 6.64. The molecule has 21 heavy (non-hydrogen) atoms. The van der Waals surface area contributed by atoms with Crippen molar-refractivity contribution in [3.05, 3.63) is 40.7 Å². The van der Waals surface area contributed by atoms with Gasteiger partial charge in [0, 0.05) is 12.1 Å². The number of anilines is 1. The van der Waals surface area contributed by atoms with Gasteiger partial charge in [-0.05, 0) is 26.0 Å². The van der Waals surface area contributed by atoms with Gasteiger partial charge in [-0.3, -0.25) is 10.1 Å². The van der Waals surface area contributed by atoms with E-state index in [2.05, 4.69) is 15.3 Å². The van der Waals surface area contributed by atoms with E-state index in [4.69, 9.17) is 4.74 Å². The molecule has 0 radical (unpaired) electrons. The molecule has 7 nitrogen and oxygen atoms in total. The molecular weight excluding hydrogens is 272 g/mol. The third-order valence-corrected chi connectivity index (χ3v) is 2.79. The van der Waals surface area contributed by atoms with Gasteiger partial charge < -0.3 is 10.1 Å². The van der Waals surface area contributed by atoms with Gasteiger partial charge in [0.05, 0.1) is 11.5 Å². The number of nitro groups is 1. The van der Waals surface area contributed by atoms with Crippen molar-refractivity contribution in [2.45, 2.75) is 13.8 Å². The lowest BCUT2D eigenvalue weighted by Gasteiger charge is -2.11. The van der Waals surface area contributed by atoms with Crippen LogP contribution < -0.4 is 10.1 Å². The zero-order valence-corrected chi connectivity index (χ0v) is 11.9. The molecule has 2 rings (SSSR count). The second-order valence-corrected chi connectivity index (χ2v) is 4.14. The van der Waals surface area contributed by atoms with Gasteiger partial charge in [-0.1, -0.05) is 12.1 Å². The fourth-order valence-electron chi connectivity index (χ4n) is 1.99. The van der Waals surface area contributed by atoms with E-state index in [0.29, 0.717) is 24.5 Å². The number of nitrogens with zero attached hydrogens (tertiary/aromatic N) is 3. The van der Waals surface area contributed by atoms with Crippen LogP contribution in [0.15, 0.2) is 30.6 Å². The predicted molar refractivity (Wildman–Crippen MR) is 79.5 cm³/mol. The molecule has 0 amide bonds. The van der Waals surface area contributed by atoms with E-state index in [1.54, 1.807) is 18.2 Å². The molecule has 1 aromatic heterocycles. The SMILES string of the molecule is CCNc1ncnc(-c2ccccc2OCC)c1[N+](=O)[O-]. The Labute approximate surface area is 122 Å². The Morgan fingerprint density at radius 3 is 2.71 bits per heavy atom. The molecule has 0 unspecified atom stereocenters. The van der Waals surface area contributed by atoms with Crippen molar-refractivity contribution in [3.8, 4) is 17.0 Å². The Bertz CT molecular complexity index is 646. The summed E-state index contributed by atoms with van der Waals surface area (Å²) in [7, 11) is 0. The molecule has 1 heterocycles. The summed E-state index contributed by atoms with van der Waals surface area (Å²) in [5, 5.41) is 14.3. The first-order chi connectivity index (χ1) is 10.2. The second-order valence-electron chi connectivity index (χ2n) is 4.14. The molecule has 2 aromatic rings. The lowest BCUT2D eigenvalue weighted by Crippen LogP contribution is -2.06. The topological polar surface area (TPSA) is 90.2 Å². The summed E-state index contributed by atoms with van der Waals surface area (Å²) in [5.74, 6) is 0.767. The number of benzene rings is 1. The van der Waals surface area contributed by atoms with E-state index in [-0.39, 0.29) is 17.2 Å². The highest BCUT2D eigenvalue weighted by Crippen LogP contribution is 2.37. The van der Waals surface area contributed by atoms with Crippen LogP contribution in [-0.2, 0) is 0 Å². The molecule has 0 spiro atoms. The number of para-hydroxylation sites is 1. The summed E-state index contributed by atoms with van der Waals surface area (Å²) in [4.78, 5) is 19.0. The first kappa shape index (κ1) is 14.7. The van der Waals surface area contributed by atoms with Crippen molar-refractivity contribution < 1.29 is 9.66 Å². The van der Waals surface area contributed by atoms with Crippen LogP contribution in [0.5, 0.6) is 5.75 Å². The maximum absolute atomic E-state index is 11.4. The van der Waals surface area contributed by atoms with Gasteiger partial charge in [-0.15, -0.1) is 0 Å². The highest BCUT2D eigenvalue weighted by Gasteiger charge is 2.25. The van der Waals surface area contributed by atoms with Crippen LogP contribution in [0.3, 0.4) is 0 Å². The van der Waals surface area contributed by atoms with Crippen molar-refractivity contribution in [3.63, 3.8) is 0 Å². The maximum Gasteiger partial charge on any atom is 0.337 e. The zero-order valence-electron chi connectivity index (χ0n) is 11.9. The zero-order chi connectivity index (χ0) is 15.2. The third kappa shape index (κ3) is 3.07. The Morgan fingerprint density at radius 2 is 2.05 bits per heavy atom. The summed E-state index contributed by atoms with van der Waals surface area (Å²) in [6.45, 7) is 4.70. The van der Waals surface area contributed by atoms with E-state index >= 15 is 0 Å². The van der Waals surface area contributed by atoms with Gasteiger partial charge in [-0.25, -0.2) is 9.97 Å². The highest BCUT2D eigenvalue weighted by molar-refractivity contribution is 5.80. The van der Waals surface area contributed by atoms with Gasteiger partial charge in [0.1, 0.15) is 12.1 Å².